The number of allylic oxidation sites excluding steroid dienone is 1. The standard InChI is InChI=1S/C17H22O3/c1-5-13-12-8-6-7-9-14(12)16(10-11-16)15(2,18)17(13,19-3)20-4/h5-9,18H,10-11H2,1-4H3/b13-5+. The second kappa shape index (κ2) is 4.17. The minimum Gasteiger partial charge on any atom is -0.383 e. The van der Waals surface area contributed by atoms with Gasteiger partial charge in [0.15, 0.2) is 0 Å². The van der Waals surface area contributed by atoms with Crippen LogP contribution in [-0.2, 0) is 14.9 Å². The summed E-state index contributed by atoms with van der Waals surface area (Å²) < 4.78 is 11.5. The van der Waals surface area contributed by atoms with Crippen LogP contribution >= 0.6 is 0 Å². The molecule has 2 aliphatic carbocycles. The Bertz CT molecular complexity index is 563. The van der Waals surface area contributed by atoms with E-state index < -0.39 is 11.4 Å². The summed E-state index contributed by atoms with van der Waals surface area (Å²) in [6.45, 7) is 3.80. The van der Waals surface area contributed by atoms with Crippen LogP contribution in [0.15, 0.2) is 30.3 Å². The highest BCUT2D eigenvalue weighted by molar-refractivity contribution is 5.79. The molecule has 1 spiro atoms. The van der Waals surface area contributed by atoms with Crippen LogP contribution in [0, 0.1) is 0 Å². The van der Waals surface area contributed by atoms with E-state index in [9.17, 15) is 5.11 Å². The maximum atomic E-state index is 11.3. The number of aliphatic hydroxyl groups is 1. The van der Waals surface area contributed by atoms with Crippen LogP contribution < -0.4 is 0 Å². The first-order valence-electron chi connectivity index (χ1n) is 7.10. The third kappa shape index (κ3) is 1.31. The van der Waals surface area contributed by atoms with E-state index in [1.54, 1.807) is 14.2 Å². The van der Waals surface area contributed by atoms with Gasteiger partial charge in [-0.05, 0) is 37.8 Å². The van der Waals surface area contributed by atoms with Crippen LogP contribution in [0.4, 0.5) is 0 Å². The molecule has 3 nitrogen and oxygen atoms in total. The Morgan fingerprint density at radius 3 is 2.25 bits per heavy atom. The summed E-state index contributed by atoms with van der Waals surface area (Å²) in [7, 11) is 3.21. The van der Waals surface area contributed by atoms with Crippen molar-refractivity contribution in [1.82, 2.24) is 0 Å². The molecule has 0 bridgehead atoms. The van der Waals surface area contributed by atoms with Crippen LogP contribution in [0.5, 0.6) is 0 Å². The first-order chi connectivity index (χ1) is 9.50. The van der Waals surface area contributed by atoms with Crippen molar-refractivity contribution >= 4 is 5.57 Å². The second-order valence-electron chi connectivity index (χ2n) is 5.93. The summed E-state index contributed by atoms with van der Waals surface area (Å²) in [6.07, 6.45) is 3.90. The normalized spacial score (nSPS) is 31.4. The van der Waals surface area contributed by atoms with E-state index in [0.717, 1.165) is 24.0 Å². The molecule has 0 aliphatic heterocycles. The van der Waals surface area contributed by atoms with Crippen molar-refractivity contribution in [3.05, 3.63) is 41.5 Å². The molecule has 0 heterocycles. The number of ether oxygens (including phenoxy) is 2. The Kier molecular flexibility index (Phi) is 2.88. The fraction of sp³-hybridized carbons (Fsp3) is 0.529. The summed E-state index contributed by atoms with van der Waals surface area (Å²) in [6, 6.07) is 8.27. The van der Waals surface area contributed by atoms with E-state index in [4.69, 9.17) is 9.47 Å². The highest BCUT2D eigenvalue weighted by atomic mass is 16.7. The van der Waals surface area contributed by atoms with Gasteiger partial charge in [0.1, 0.15) is 5.60 Å². The molecule has 2 aliphatic rings. The van der Waals surface area contributed by atoms with Gasteiger partial charge in [0, 0.05) is 25.2 Å². The van der Waals surface area contributed by atoms with Crippen molar-refractivity contribution < 1.29 is 14.6 Å². The Morgan fingerprint density at radius 1 is 1.15 bits per heavy atom. The number of rotatable bonds is 2. The zero-order valence-corrected chi connectivity index (χ0v) is 12.6. The average molecular weight is 274 g/mol. The minimum atomic E-state index is -1.12. The first kappa shape index (κ1) is 13.8. The lowest BCUT2D eigenvalue weighted by molar-refractivity contribution is -0.273. The van der Waals surface area contributed by atoms with Gasteiger partial charge in [-0.3, -0.25) is 0 Å². The van der Waals surface area contributed by atoms with Gasteiger partial charge in [0.25, 0.3) is 0 Å². The van der Waals surface area contributed by atoms with Crippen LogP contribution in [0.1, 0.15) is 37.8 Å². The lowest BCUT2D eigenvalue weighted by atomic mass is 9.64. The molecule has 0 saturated heterocycles. The summed E-state index contributed by atoms with van der Waals surface area (Å²) in [5.74, 6) is -1.12. The first-order valence-corrected chi connectivity index (χ1v) is 7.10. The molecule has 0 aromatic heterocycles. The van der Waals surface area contributed by atoms with Gasteiger partial charge in [-0.1, -0.05) is 30.3 Å². The van der Waals surface area contributed by atoms with E-state index in [1.807, 2.05) is 32.1 Å². The molecule has 1 aromatic rings. The Balaban J connectivity index is 2.36. The van der Waals surface area contributed by atoms with Crippen LogP contribution in [0.2, 0.25) is 0 Å². The molecule has 1 aromatic carbocycles. The maximum absolute atomic E-state index is 11.3. The quantitative estimate of drug-likeness (QED) is 0.843. The number of benzene rings is 1. The van der Waals surface area contributed by atoms with Gasteiger partial charge in [0.2, 0.25) is 5.79 Å². The van der Waals surface area contributed by atoms with E-state index in [0.29, 0.717) is 0 Å². The van der Waals surface area contributed by atoms with E-state index >= 15 is 0 Å². The fourth-order valence-corrected chi connectivity index (χ4v) is 4.08. The fourth-order valence-electron chi connectivity index (χ4n) is 4.08. The zero-order chi connectivity index (χ0) is 14.6. The molecule has 1 fully saturated rings. The molecule has 1 N–H and O–H groups in total. The lowest BCUT2D eigenvalue weighted by Crippen LogP contribution is -2.64. The molecule has 1 atom stereocenters. The third-order valence-electron chi connectivity index (χ3n) is 5.27. The molecular formula is C17H22O3. The average Bonchev–Trinajstić information content (AvgIpc) is 3.25. The summed E-state index contributed by atoms with van der Waals surface area (Å²) in [5.41, 5.74) is 1.88. The van der Waals surface area contributed by atoms with E-state index in [1.165, 1.54) is 5.56 Å². The topological polar surface area (TPSA) is 38.7 Å². The van der Waals surface area contributed by atoms with Gasteiger partial charge in [-0.15, -0.1) is 0 Å². The Hall–Kier alpha value is -1.16. The zero-order valence-electron chi connectivity index (χ0n) is 12.6. The van der Waals surface area contributed by atoms with E-state index in [-0.39, 0.29) is 5.41 Å². The highest BCUT2D eigenvalue weighted by Gasteiger charge is 2.71. The largest absolute Gasteiger partial charge is 0.383 e. The van der Waals surface area contributed by atoms with E-state index in [2.05, 4.69) is 12.1 Å². The maximum Gasteiger partial charge on any atom is 0.225 e. The predicted molar refractivity (Wildman–Crippen MR) is 78.4 cm³/mol. The summed E-state index contributed by atoms with van der Waals surface area (Å²) in [4.78, 5) is 0. The van der Waals surface area contributed by atoms with Crippen molar-refractivity contribution in [2.45, 2.75) is 43.5 Å². The molecule has 108 valence electrons. The van der Waals surface area contributed by atoms with Crippen molar-refractivity contribution in [1.29, 1.82) is 0 Å². The van der Waals surface area contributed by atoms with Gasteiger partial charge >= 0.3 is 0 Å². The van der Waals surface area contributed by atoms with Crippen molar-refractivity contribution in [2.24, 2.45) is 0 Å². The van der Waals surface area contributed by atoms with Crippen molar-refractivity contribution in [3.63, 3.8) is 0 Å². The molecule has 0 amide bonds. The number of hydrogen-bond donors (Lipinski definition) is 1. The van der Waals surface area contributed by atoms with Gasteiger partial charge in [-0.25, -0.2) is 0 Å². The number of fused-ring (bicyclic) bond motifs is 2. The van der Waals surface area contributed by atoms with Crippen molar-refractivity contribution in [2.75, 3.05) is 14.2 Å². The van der Waals surface area contributed by atoms with Crippen LogP contribution in [0.3, 0.4) is 0 Å². The summed E-state index contributed by atoms with van der Waals surface area (Å²) in [5, 5.41) is 11.3. The van der Waals surface area contributed by atoms with Gasteiger partial charge in [0.05, 0.1) is 0 Å². The van der Waals surface area contributed by atoms with Gasteiger partial charge in [-0.2, -0.15) is 0 Å². The molecule has 3 rings (SSSR count). The second-order valence-corrected chi connectivity index (χ2v) is 5.93. The number of methoxy groups -OCH3 is 2. The minimum absolute atomic E-state index is 0.262. The Morgan fingerprint density at radius 2 is 1.75 bits per heavy atom. The SMILES string of the molecule is C/C=C1\c2ccccc2C2(CC2)C(C)(O)C1(OC)OC. The van der Waals surface area contributed by atoms with Gasteiger partial charge < -0.3 is 14.6 Å². The van der Waals surface area contributed by atoms with Crippen LogP contribution in [-0.4, -0.2) is 30.7 Å². The summed E-state index contributed by atoms with van der Waals surface area (Å²) >= 11 is 0. The molecule has 1 unspecified atom stereocenters. The van der Waals surface area contributed by atoms with Crippen molar-refractivity contribution in [3.8, 4) is 0 Å². The molecule has 3 heteroatoms. The Labute approximate surface area is 120 Å². The molecule has 1 saturated carbocycles. The monoisotopic (exact) mass is 274 g/mol. The third-order valence-corrected chi connectivity index (χ3v) is 5.27. The molecule has 20 heavy (non-hydrogen) atoms. The smallest absolute Gasteiger partial charge is 0.225 e. The predicted octanol–water partition coefficient (Wildman–Crippen LogP) is 2.88. The molecular weight excluding hydrogens is 252 g/mol. The lowest BCUT2D eigenvalue weighted by Gasteiger charge is -2.53. The molecule has 0 radical (unpaired) electrons. The van der Waals surface area contributed by atoms with Crippen LogP contribution in [0.25, 0.3) is 5.57 Å². The highest BCUT2D eigenvalue weighted by Crippen LogP contribution is 2.66. The number of hydrogen-bond acceptors (Lipinski definition) is 3.